The summed E-state index contributed by atoms with van der Waals surface area (Å²) in [4.78, 5) is 21.3. The van der Waals surface area contributed by atoms with E-state index in [1.807, 2.05) is 37.3 Å². The summed E-state index contributed by atoms with van der Waals surface area (Å²) in [5.74, 6) is -0.00186. The molecular formula is C20H15ClN4O2. The Morgan fingerprint density at radius 3 is 2.67 bits per heavy atom. The number of pyridine rings is 2. The maximum atomic E-state index is 12.6. The second kappa shape index (κ2) is 6.81. The molecule has 0 fully saturated rings. The SMILES string of the molecule is COC(=O)c1c(-c2cccnc2)cc(C)n2nc(-c3cccc(Cl)c3)nc12. The largest absolute Gasteiger partial charge is 0.465 e. The van der Waals surface area contributed by atoms with Crippen LogP contribution in [0.4, 0.5) is 0 Å². The number of halogens is 1. The minimum absolute atomic E-state index is 0.344. The number of hydrogen-bond donors (Lipinski definition) is 0. The normalized spacial score (nSPS) is 10.9. The average Bonchev–Trinajstić information content (AvgIpc) is 3.14. The number of esters is 1. The smallest absolute Gasteiger partial charge is 0.342 e. The highest BCUT2D eigenvalue weighted by Gasteiger charge is 2.23. The Hall–Kier alpha value is -3.25. The molecule has 0 amide bonds. The summed E-state index contributed by atoms with van der Waals surface area (Å²) in [6.45, 7) is 1.91. The average molecular weight is 379 g/mol. The number of fused-ring (bicyclic) bond motifs is 1. The molecule has 27 heavy (non-hydrogen) atoms. The zero-order valence-corrected chi connectivity index (χ0v) is 15.4. The predicted octanol–water partition coefficient (Wildman–Crippen LogP) is 4.21. The van der Waals surface area contributed by atoms with Crippen LogP contribution in [0.1, 0.15) is 16.1 Å². The number of nitrogens with zero attached hydrogens (tertiary/aromatic N) is 4. The van der Waals surface area contributed by atoms with Crippen LogP contribution in [-0.4, -0.2) is 32.7 Å². The van der Waals surface area contributed by atoms with E-state index in [0.717, 1.165) is 16.8 Å². The molecule has 0 spiro atoms. The fourth-order valence-electron chi connectivity index (χ4n) is 2.99. The molecule has 134 valence electrons. The van der Waals surface area contributed by atoms with Crippen molar-refractivity contribution < 1.29 is 9.53 Å². The summed E-state index contributed by atoms with van der Waals surface area (Å²) >= 11 is 6.09. The summed E-state index contributed by atoms with van der Waals surface area (Å²) in [6, 6.07) is 12.9. The summed E-state index contributed by atoms with van der Waals surface area (Å²) in [7, 11) is 1.35. The topological polar surface area (TPSA) is 69.4 Å². The van der Waals surface area contributed by atoms with Crippen LogP contribution >= 0.6 is 11.6 Å². The van der Waals surface area contributed by atoms with E-state index in [2.05, 4.69) is 15.1 Å². The first-order valence-electron chi connectivity index (χ1n) is 8.23. The van der Waals surface area contributed by atoms with E-state index in [0.29, 0.717) is 27.6 Å². The number of carbonyl (C=O) groups excluding carboxylic acids is 1. The van der Waals surface area contributed by atoms with E-state index in [1.165, 1.54) is 7.11 Å². The van der Waals surface area contributed by atoms with E-state index in [9.17, 15) is 4.79 Å². The van der Waals surface area contributed by atoms with E-state index >= 15 is 0 Å². The van der Waals surface area contributed by atoms with Gasteiger partial charge in [0.1, 0.15) is 5.56 Å². The van der Waals surface area contributed by atoms with Crippen LogP contribution in [0.3, 0.4) is 0 Å². The van der Waals surface area contributed by atoms with E-state index in [-0.39, 0.29) is 0 Å². The standard InChI is InChI=1S/C20H15ClN4O2/c1-12-9-16(14-6-4-8-22-11-14)17(20(26)27-2)19-23-18(24-25(12)19)13-5-3-7-15(21)10-13/h3-11H,1-2H3. The van der Waals surface area contributed by atoms with Gasteiger partial charge in [-0.2, -0.15) is 0 Å². The minimum Gasteiger partial charge on any atom is -0.465 e. The van der Waals surface area contributed by atoms with Crippen molar-refractivity contribution in [2.75, 3.05) is 7.11 Å². The van der Waals surface area contributed by atoms with Crippen LogP contribution in [0.25, 0.3) is 28.2 Å². The van der Waals surface area contributed by atoms with E-state index in [4.69, 9.17) is 16.3 Å². The second-order valence-electron chi connectivity index (χ2n) is 5.99. The molecule has 6 nitrogen and oxygen atoms in total. The maximum absolute atomic E-state index is 12.6. The molecule has 3 aromatic heterocycles. The summed E-state index contributed by atoms with van der Waals surface area (Å²) in [5, 5.41) is 5.15. The van der Waals surface area contributed by atoms with Crippen molar-refractivity contribution in [2.24, 2.45) is 0 Å². The van der Waals surface area contributed by atoms with Gasteiger partial charge in [0, 0.05) is 39.8 Å². The number of rotatable bonds is 3. The van der Waals surface area contributed by atoms with Gasteiger partial charge in [-0.25, -0.2) is 14.3 Å². The number of carbonyl (C=O) groups is 1. The summed E-state index contributed by atoms with van der Waals surface area (Å²) < 4.78 is 6.66. The first-order chi connectivity index (χ1) is 13.1. The van der Waals surface area contributed by atoms with Crippen LogP contribution in [0.2, 0.25) is 5.02 Å². The fraction of sp³-hybridized carbons (Fsp3) is 0.100. The van der Waals surface area contributed by atoms with Gasteiger partial charge < -0.3 is 4.74 Å². The number of aryl methyl sites for hydroxylation is 1. The quantitative estimate of drug-likeness (QED) is 0.499. The highest BCUT2D eigenvalue weighted by molar-refractivity contribution is 6.30. The number of ether oxygens (including phenoxy) is 1. The third-order valence-corrected chi connectivity index (χ3v) is 4.47. The first-order valence-corrected chi connectivity index (χ1v) is 8.61. The molecule has 0 aliphatic rings. The molecule has 4 aromatic rings. The third-order valence-electron chi connectivity index (χ3n) is 4.23. The molecule has 0 bridgehead atoms. The lowest BCUT2D eigenvalue weighted by atomic mass is 10.0. The van der Waals surface area contributed by atoms with Crippen LogP contribution < -0.4 is 0 Å². The Morgan fingerprint density at radius 2 is 1.96 bits per heavy atom. The van der Waals surface area contributed by atoms with Crippen molar-refractivity contribution in [1.82, 2.24) is 19.6 Å². The van der Waals surface area contributed by atoms with Crippen molar-refractivity contribution in [3.8, 4) is 22.5 Å². The van der Waals surface area contributed by atoms with Gasteiger partial charge in [-0.1, -0.05) is 29.8 Å². The van der Waals surface area contributed by atoms with Gasteiger partial charge in [0.15, 0.2) is 11.5 Å². The number of methoxy groups -OCH3 is 1. The molecule has 1 aromatic carbocycles. The van der Waals surface area contributed by atoms with Gasteiger partial charge in [-0.3, -0.25) is 4.98 Å². The predicted molar refractivity (Wildman–Crippen MR) is 103 cm³/mol. The Bertz CT molecular complexity index is 1160. The minimum atomic E-state index is -0.483. The second-order valence-corrected chi connectivity index (χ2v) is 6.43. The van der Waals surface area contributed by atoms with E-state index in [1.54, 1.807) is 29.0 Å². The lowest BCUT2D eigenvalue weighted by Gasteiger charge is -2.10. The zero-order valence-electron chi connectivity index (χ0n) is 14.7. The highest BCUT2D eigenvalue weighted by atomic mass is 35.5. The van der Waals surface area contributed by atoms with Crippen molar-refractivity contribution in [2.45, 2.75) is 6.92 Å². The lowest BCUT2D eigenvalue weighted by Crippen LogP contribution is -2.09. The Morgan fingerprint density at radius 1 is 1.15 bits per heavy atom. The van der Waals surface area contributed by atoms with Gasteiger partial charge in [0.25, 0.3) is 0 Å². The number of hydrogen-bond acceptors (Lipinski definition) is 5. The number of aromatic nitrogens is 4. The molecule has 0 N–H and O–H groups in total. The molecule has 0 saturated carbocycles. The van der Waals surface area contributed by atoms with Crippen LogP contribution in [0, 0.1) is 6.92 Å². The monoisotopic (exact) mass is 378 g/mol. The third kappa shape index (κ3) is 3.04. The molecule has 0 aliphatic heterocycles. The molecule has 0 atom stereocenters. The molecule has 3 heterocycles. The van der Waals surface area contributed by atoms with Gasteiger partial charge in [0.05, 0.1) is 7.11 Å². The molecular weight excluding hydrogens is 364 g/mol. The molecule has 0 saturated heterocycles. The van der Waals surface area contributed by atoms with Crippen molar-refractivity contribution >= 4 is 23.2 Å². The Kier molecular flexibility index (Phi) is 4.33. The number of benzene rings is 1. The molecule has 7 heteroatoms. The fourth-order valence-corrected chi connectivity index (χ4v) is 3.18. The molecule has 0 radical (unpaired) electrons. The van der Waals surface area contributed by atoms with Crippen molar-refractivity contribution in [1.29, 1.82) is 0 Å². The van der Waals surface area contributed by atoms with Gasteiger partial charge in [-0.05, 0) is 31.2 Å². The zero-order chi connectivity index (χ0) is 19.0. The summed E-state index contributed by atoms with van der Waals surface area (Å²) in [5.41, 5.74) is 3.87. The Labute approximate surface area is 160 Å². The first kappa shape index (κ1) is 17.2. The lowest BCUT2D eigenvalue weighted by molar-refractivity contribution is 0.0603. The van der Waals surface area contributed by atoms with Crippen molar-refractivity contribution in [3.63, 3.8) is 0 Å². The van der Waals surface area contributed by atoms with Crippen LogP contribution in [0.15, 0.2) is 54.9 Å². The Balaban J connectivity index is 2.02. The van der Waals surface area contributed by atoms with Gasteiger partial charge >= 0.3 is 5.97 Å². The molecule has 0 unspecified atom stereocenters. The molecule has 0 aliphatic carbocycles. The van der Waals surface area contributed by atoms with E-state index < -0.39 is 5.97 Å². The highest BCUT2D eigenvalue weighted by Crippen LogP contribution is 2.30. The van der Waals surface area contributed by atoms with Crippen molar-refractivity contribution in [3.05, 3.63) is 71.1 Å². The van der Waals surface area contributed by atoms with Gasteiger partial charge in [0.2, 0.25) is 0 Å². The van der Waals surface area contributed by atoms with Crippen LogP contribution in [0.5, 0.6) is 0 Å². The summed E-state index contributed by atoms with van der Waals surface area (Å²) in [6.07, 6.45) is 3.38. The maximum Gasteiger partial charge on any atom is 0.342 e. The van der Waals surface area contributed by atoms with Gasteiger partial charge in [-0.15, -0.1) is 5.10 Å². The van der Waals surface area contributed by atoms with Crippen LogP contribution in [-0.2, 0) is 4.74 Å². The molecule has 4 rings (SSSR count).